The first-order valence-electron chi connectivity index (χ1n) is 6.57. The Hall–Kier alpha value is -0.830. The highest BCUT2D eigenvalue weighted by molar-refractivity contribution is 6.29. The minimum atomic E-state index is -0.0801. The smallest absolute Gasteiger partial charge is 0.137 e. The molecule has 0 aromatic carbocycles. The molecule has 2 rings (SSSR count). The van der Waals surface area contributed by atoms with E-state index in [0.29, 0.717) is 11.2 Å². The van der Waals surface area contributed by atoms with Gasteiger partial charge >= 0.3 is 0 Å². The molecule has 1 aromatic rings. The van der Waals surface area contributed by atoms with Crippen LogP contribution in [-0.2, 0) is 5.41 Å². The first-order chi connectivity index (χ1) is 8.29. The predicted octanol–water partition coefficient (Wildman–Crippen LogP) is 3.66. The van der Waals surface area contributed by atoms with Crippen molar-refractivity contribution in [3.63, 3.8) is 0 Å². The Bertz CT molecular complexity index is 435. The molecule has 1 fully saturated rings. The van der Waals surface area contributed by atoms with Crippen molar-refractivity contribution in [3.05, 3.63) is 17.0 Å². The largest absolute Gasteiger partial charge is 0.357 e. The van der Waals surface area contributed by atoms with E-state index >= 15 is 0 Å². The standard InChI is InChI=1S/C14H22ClN3/c1-9(10-6-7-10)18(5)12-8-11(15)16-13(17-12)14(2,3)4/h8-10H,6-7H2,1-5H3. The monoisotopic (exact) mass is 267 g/mol. The zero-order valence-corrected chi connectivity index (χ0v) is 12.6. The summed E-state index contributed by atoms with van der Waals surface area (Å²) in [4.78, 5) is 11.2. The normalized spacial score (nSPS) is 17.7. The molecule has 0 N–H and O–H groups in total. The minimum absolute atomic E-state index is 0.0801. The fourth-order valence-electron chi connectivity index (χ4n) is 2.03. The number of anilines is 1. The zero-order valence-electron chi connectivity index (χ0n) is 11.9. The van der Waals surface area contributed by atoms with Crippen LogP contribution in [0.4, 0.5) is 5.82 Å². The second-order valence-corrected chi connectivity index (χ2v) is 6.70. The summed E-state index contributed by atoms with van der Waals surface area (Å²) in [5, 5.41) is 0.528. The summed E-state index contributed by atoms with van der Waals surface area (Å²) in [6.45, 7) is 8.57. The van der Waals surface area contributed by atoms with Crippen LogP contribution >= 0.6 is 11.6 Å². The van der Waals surface area contributed by atoms with Crippen LogP contribution < -0.4 is 4.90 Å². The van der Waals surface area contributed by atoms with Gasteiger partial charge in [0.15, 0.2) is 0 Å². The maximum Gasteiger partial charge on any atom is 0.137 e. The first kappa shape index (κ1) is 13.6. The Morgan fingerprint density at radius 2 is 1.94 bits per heavy atom. The van der Waals surface area contributed by atoms with Crippen LogP contribution in [0.15, 0.2) is 6.07 Å². The van der Waals surface area contributed by atoms with Crippen LogP contribution in [-0.4, -0.2) is 23.1 Å². The van der Waals surface area contributed by atoms with Gasteiger partial charge in [0, 0.05) is 24.6 Å². The Kier molecular flexibility index (Phi) is 3.54. The van der Waals surface area contributed by atoms with Gasteiger partial charge < -0.3 is 4.90 Å². The Morgan fingerprint density at radius 1 is 1.33 bits per heavy atom. The molecule has 4 heteroatoms. The SMILES string of the molecule is CC(C1CC1)N(C)c1cc(Cl)nc(C(C)(C)C)n1. The van der Waals surface area contributed by atoms with Crippen molar-refractivity contribution in [1.82, 2.24) is 9.97 Å². The number of hydrogen-bond donors (Lipinski definition) is 0. The van der Waals surface area contributed by atoms with Gasteiger partial charge in [0.05, 0.1) is 0 Å². The number of nitrogens with zero attached hydrogens (tertiary/aromatic N) is 3. The van der Waals surface area contributed by atoms with Crippen LogP contribution in [0.3, 0.4) is 0 Å². The summed E-state index contributed by atoms with van der Waals surface area (Å²) in [6, 6.07) is 2.37. The quantitative estimate of drug-likeness (QED) is 0.783. The van der Waals surface area contributed by atoms with E-state index in [0.717, 1.165) is 17.6 Å². The molecule has 0 saturated heterocycles. The highest BCUT2D eigenvalue weighted by Crippen LogP contribution is 2.36. The van der Waals surface area contributed by atoms with Gasteiger partial charge in [0.2, 0.25) is 0 Å². The van der Waals surface area contributed by atoms with Crippen LogP contribution in [0.2, 0.25) is 5.15 Å². The van der Waals surface area contributed by atoms with Crippen molar-refractivity contribution in [2.45, 2.75) is 52.0 Å². The number of hydrogen-bond acceptors (Lipinski definition) is 3. The van der Waals surface area contributed by atoms with Gasteiger partial charge in [0.25, 0.3) is 0 Å². The maximum absolute atomic E-state index is 6.12. The lowest BCUT2D eigenvalue weighted by atomic mass is 9.96. The molecule has 3 nitrogen and oxygen atoms in total. The molecule has 0 bridgehead atoms. The van der Waals surface area contributed by atoms with Crippen LogP contribution in [0.1, 0.15) is 46.4 Å². The molecule has 0 aliphatic heterocycles. The Morgan fingerprint density at radius 3 is 2.44 bits per heavy atom. The van der Waals surface area contributed by atoms with E-state index in [1.807, 2.05) is 6.07 Å². The first-order valence-corrected chi connectivity index (χ1v) is 6.94. The van der Waals surface area contributed by atoms with Crippen molar-refractivity contribution >= 4 is 17.4 Å². The molecular formula is C14H22ClN3. The van der Waals surface area contributed by atoms with Gasteiger partial charge in [-0.1, -0.05) is 32.4 Å². The molecule has 1 aromatic heterocycles. The average molecular weight is 268 g/mol. The average Bonchev–Trinajstić information content (AvgIpc) is 3.08. The minimum Gasteiger partial charge on any atom is -0.357 e. The van der Waals surface area contributed by atoms with Crippen molar-refractivity contribution in [3.8, 4) is 0 Å². The molecule has 1 aliphatic carbocycles. The van der Waals surface area contributed by atoms with Gasteiger partial charge in [-0.3, -0.25) is 0 Å². The van der Waals surface area contributed by atoms with Crippen LogP contribution in [0.5, 0.6) is 0 Å². The molecule has 18 heavy (non-hydrogen) atoms. The second-order valence-electron chi connectivity index (χ2n) is 6.31. The second kappa shape index (κ2) is 4.69. The van der Waals surface area contributed by atoms with Crippen molar-refractivity contribution in [1.29, 1.82) is 0 Å². The molecule has 0 spiro atoms. The summed E-state index contributed by atoms with van der Waals surface area (Å²) < 4.78 is 0. The molecule has 1 aliphatic rings. The zero-order chi connectivity index (χ0) is 13.5. The molecule has 100 valence electrons. The van der Waals surface area contributed by atoms with Crippen molar-refractivity contribution < 1.29 is 0 Å². The molecular weight excluding hydrogens is 246 g/mol. The summed E-state index contributed by atoms with van der Waals surface area (Å²) in [6.07, 6.45) is 2.66. The van der Waals surface area contributed by atoms with E-state index in [1.165, 1.54) is 12.8 Å². The van der Waals surface area contributed by atoms with E-state index in [2.05, 4.69) is 49.6 Å². The van der Waals surface area contributed by atoms with E-state index in [1.54, 1.807) is 0 Å². The summed E-state index contributed by atoms with van der Waals surface area (Å²) in [5.41, 5.74) is -0.0801. The van der Waals surface area contributed by atoms with Gasteiger partial charge in [-0.2, -0.15) is 0 Å². The lowest BCUT2D eigenvalue weighted by Crippen LogP contribution is -2.32. The fraction of sp³-hybridized carbons (Fsp3) is 0.714. The molecule has 1 unspecified atom stereocenters. The van der Waals surface area contributed by atoms with Crippen molar-refractivity contribution in [2.75, 3.05) is 11.9 Å². The van der Waals surface area contributed by atoms with E-state index in [9.17, 15) is 0 Å². The highest BCUT2D eigenvalue weighted by atomic mass is 35.5. The number of rotatable bonds is 3. The predicted molar refractivity (Wildman–Crippen MR) is 76.3 cm³/mol. The van der Waals surface area contributed by atoms with Gasteiger partial charge in [-0.05, 0) is 25.7 Å². The van der Waals surface area contributed by atoms with Gasteiger partial charge in [0.1, 0.15) is 16.8 Å². The van der Waals surface area contributed by atoms with E-state index in [4.69, 9.17) is 11.6 Å². The Labute approximate surface area is 115 Å². The van der Waals surface area contributed by atoms with Gasteiger partial charge in [-0.25, -0.2) is 9.97 Å². The number of halogens is 1. The summed E-state index contributed by atoms with van der Waals surface area (Å²) >= 11 is 6.12. The third-order valence-corrected chi connectivity index (χ3v) is 3.82. The summed E-state index contributed by atoms with van der Waals surface area (Å²) in [5.74, 6) is 2.54. The summed E-state index contributed by atoms with van der Waals surface area (Å²) in [7, 11) is 2.09. The van der Waals surface area contributed by atoms with Gasteiger partial charge in [-0.15, -0.1) is 0 Å². The van der Waals surface area contributed by atoms with Crippen LogP contribution in [0.25, 0.3) is 0 Å². The lowest BCUT2D eigenvalue weighted by molar-refractivity contribution is 0.539. The van der Waals surface area contributed by atoms with Crippen LogP contribution in [0, 0.1) is 5.92 Å². The third kappa shape index (κ3) is 2.94. The van der Waals surface area contributed by atoms with Crippen molar-refractivity contribution in [2.24, 2.45) is 5.92 Å². The highest BCUT2D eigenvalue weighted by Gasteiger charge is 2.31. The fourth-order valence-corrected chi connectivity index (χ4v) is 2.20. The molecule has 0 amide bonds. The molecule has 1 atom stereocenters. The topological polar surface area (TPSA) is 29.0 Å². The molecule has 1 heterocycles. The maximum atomic E-state index is 6.12. The van der Waals surface area contributed by atoms with E-state index in [-0.39, 0.29) is 5.41 Å². The van der Waals surface area contributed by atoms with E-state index < -0.39 is 0 Å². The molecule has 1 saturated carbocycles. The number of aromatic nitrogens is 2. The molecule has 0 radical (unpaired) electrons. The third-order valence-electron chi connectivity index (χ3n) is 3.63. The Balaban J connectivity index is 2.29. The lowest BCUT2D eigenvalue weighted by Gasteiger charge is -2.27.